The number of carbonyl (C=O) groups excluding carboxylic acids is 1. The maximum Gasteiger partial charge on any atom is 0.291 e. The van der Waals surface area contributed by atoms with Gasteiger partial charge in [-0.15, -0.1) is 0 Å². The first kappa shape index (κ1) is 14.0. The number of hydrogen-bond donors (Lipinski definition) is 2. The fourth-order valence-corrected chi connectivity index (χ4v) is 2.45. The molecule has 1 unspecified atom stereocenters. The molecule has 0 saturated carbocycles. The van der Waals surface area contributed by atoms with Crippen molar-refractivity contribution in [2.24, 2.45) is 0 Å². The average Bonchev–Trinajstić information content (AvgIpc) is 2.97. The zero-order valence-corrected chi connectivity index (χ0v) is 11.5. The number of nitrogens with one attached hydrogen (secondary N) is 1. The number of hydrogen-bond acceptors (Lipinski definition) is 5. The maximum absolute atomic E-state index is 12.4. The van der Waals surface area contributed by atoms with Crippen molar-refractivity contribution in [2.45, 2.75) is 32.7 Å². The smallest absolute Gasteiger partial charge is 0.291 e. The minimum Gasteiger partial charge on any atom is -0.436 e. The van der Waals surface area contributed by atoms with Crippen molar-refractivity contribution in [3.63, 3.8) is 0 Å². The highest BCUT2D eigenvalue weighted by Crippen LogP contribution is 2.14. The number of rotatable bonds is 5. The van der Waals surface area contributed by atoms with Gasteiger partial charge in [0, 0.05) is 26.1 Å². The van der Waals surface area contributed by atoms with Gasteiger partial charge in [0.05, 0.1) is 12.3 Å². The fraction of sp³-hybridized carbons (Fsp3) is 0.692. The van der Waals surface area contributed by atoms with Crippen LogP contribution >= 0.6 is 0 Å². The van der Waals surface area contributed by atoms with Gasteiger partial charge in [-0.25, -0.2) is 4.98 Å². The van der Waals surface area contributed by atoms with E-state index < -0.39 is 0 Å². The zero-order valence-electron chi connectivity index (χ0n) is 11.5. The van der Waals surface area contributed by atoms with Gasteiger partial charge >= 0.3 is 0 Å². The Bertz CT molecular complexity index is 438. The number of aryl methyl sites for hydroxylation is 2. The Balaban J connectivity index is 2.08. The molecule has 2 heterocycles. The van der Waals surface area contributed by atoms with Gasteiger partial charge in [0.25, 0.3) is 5.91 Å². The summed E-state index contributed by atoms with van der Waals surface area (Å²) >= 11 is 0. The van der Waals surface area contributed by atoms with Crippen molar-refractivity contribution in [3.8, 4) is 0 Å². The first-order valence-electron chi connectivity index (χ1n) is 6.69. The molecule has 0 bridgehead atoms. The molecule has 6 nitrogen and oxygen atoms in total. The van der Waals surface area contributed by atoms with Crippen molar-refractivity contribution >= 4 is 5.91 Å². The number of aliphatic hydroxyl groups excluding tert-OH is 1. The molecular formula is C13H21N3O3. The minimum atomic E-state index is -0.194. The van der Waals surface area contributed by atoms with Crippen LogP contribution in [0.1, 0.15) is 35.0 Å². The molecule has 1 aromatic heterocycles. The SMILES string of the molecule is Cc1nc(C)c(C(=O)N(CCO)CC2CCCN2)o1. The molecule has 2 N–H and O–H groups in total. The van der Waals surface area contributed by atoms with Gasteiger partial charge in [-0.05, 0) is 26.3 Å². The maximum atomic E-state index is 12.4. The molecule has 0 aliphatic carbocycles. The predicted octanol–water partition coefficient (Wildman–Crippen LogP) is 0.478. The molecule has 1 saturated heterocycles. The molecule has 1 fully saturated rings. The third-order valence-corrected chi connectivity index (χ3v) is 3.36. The summed E-state index contributed by atoms with van der Waals surface area (Å²) in [4.78, 5) is 18.2. The molecular weight excluding hydrogens is 246 g/mol. The van der Waals surface area contributed by atoms with Crippen molar-refractivity contribution in [1.82, 2.24) is 15.2 Å². The van der Waals surface area contributed by atoms with Gasteiger partial charge in [0.15, 0.2) is 5.89 Å². The van der Waals surface area contributed by atoms with E-state index >= 15 is 0 Å². The van der Waals surface area contributed by atoms with Crippen molar-refractivity contribution < 1.29 is 14.3 Å². The Morgan fingerprint density at radius 3 is 2.89 bits per heavy atom. The highest BCUT2D eigenvalue weighted by molar-refractivity contribution is 5.92. The lowest BCUT2D eigenvalue weighted by atomic mass is 10.2. The molecule has 2 rings (SSSR count). The zero-order chi connectivity index (χ0) is 13.8. The number of aromatic nitrogens is 1. The molecule has 1 aliphatic rings. The number of oxazole rings is 1. The average molecular weight is 267 g/mol. The standard InChI is InChI=1S/C13H21N3O3/c1-9-12(19-10(2)15-9)13(18)16(6-7-17)8-11-4-3-5-14-11/h11,14,17H,3-8H2,1-2H3. The summed E-state index contributed by atoms with van der Waals surface area (Å²) in [6.45, 7) is 5.33. The summed E-state index contributed by atoms with van der Waals surface area (Å²) in [6.07, 6.45) is 2.19. The van der Waals surface area contributed by atoms with Crippen LogP contribution in [0.2, 0.25) is 0 Å². The lowest BCUT2D eigenvalue weighted by molar-refractivity contribution is 0.0672. The quantitative estimate of drug-likeness (QED) is 0.811. The van der Waals surface area contributed by atoms with E-state index in [-0.39, 0.29) is 18.3 Å². The van der Waals surface area contributed by atoms with Crippen LogP contribution in [-0.4, -0.2) is 53.2 Å². The Morgan fingerprint density at radius 2 is 2.37 bits per heavy atom. The summed E-state index contributed by atoms with van der Waals surface area (Å²) in [5, 5.41) is 12.5. The second kappa shape index (κ2) is 6.16. The van der Waals surface area contributed by atoms with Gasteiger partial charge in [-0.1, -0.05) is 0 Å². The van der Waals surface area contributed by atoms with E-state index in [1.54, 1.807) is 18.7 Å². The van der Waals surface area contributed by atoms with Crippen LogP contribution in [0.5, 0.6) is 0 Å². The first-order valence-corrected chi connectivity index (χ1v) is 6.69. The molecule has 1 atom stereocenters. The molecule has 1 amide bonds. The Kier molecular flexibility index (Phi) is 4.55. The second-order valence-corrected chi connectivity index (χ2v) is 4.92. The van der Waals surface area contributed by atoms with Gasteiger partial charge in [-0.3, -0.25) is 4.79 Å². The van der Waals surface area contributed by atoms with Crippen LogP contribution in [0.25, 0.3) is 0 Å². The normalized spacial score (nSPS) is 18.8. The molecule has 0 aromatic carbocycles. The molecule has 1 aromatic rings. The van der Waals surface area contributed by atoms with Gasteiger partial charge < -0.3 is 19.7 Å². The number of carbonyl (C=O) groups is 1. The minimum absolute atomic E-state index is 0.0510. The number of aliphatic hydroxyl groups is 1. The lowest BCUT2D eigenvalue weighted by Crippen LogP contribution is -2.42. The van der Waals surface area contributed by atoms with Crippen LogP contribution in [0.3, 0.4) is 0 Å². The second-order valence-electron chi connectivity index (χ2n) is 4.92. The van der Waals surface area contributed by atoms with E-state index in [0.29, 0.717) is 30.7 Å². The Morgan fingerprint density at radius 1 is 1.58 bits per heavy atom. The fourth-order valence-electron chi connectivity index (χ4n) is 2.45. The highest BCUT2D eigenvalue weighted by atomic mass is 16.4. The number of amides is 1. The summed E-state index contributed by atoms with van der Waals surface area (Å²) < 4.78 is 5.36. The van der Waals surface area contributed by atoms with Gasteiger partial charge in [0.1, 0.15) is 0 Å². The van der Waals surface area contributed by atoms with Crippen molar-refractivity contribution in [2.75, 3.05) is 26.2 Å². The van der Waals surface area contributed by atoms with Crippen molar-refractivity contribution in [1.29, 1.82) is 0 Å². The molecule has 106 valence electrons. The third kappa shape index (κ3) is 3.33. The highest BCUT2D eigenvalue weighted by Gasteiger charge is 2.25. The van der Waals surface area contributed by atoms with E-state index in [9.17, 15) is 4.79 Å². The molecule has 0 radical (unpaired) electrons. The summed E-state index contributed by atoms with van der Waals surface area (Å²) in [7, 11) is 0. The molecule has 19 heavy (non-hydrogen) atoms. The van der Waals surface area contributed by atoms with E-state index in [4.69, 9.17) is 9.52 Å². The summed E-state index contributed by atoms with van der Waals surface area (Å²) in [5.41, 5.74) is 0.602. The molecule has 6 heteroatoms. The van der Waals surface area contributed by atoms with Gasteiger partial charge in [0.2, 0.25) is 5.76 Å². The van der Waals surface area contributed by atoms with Crippen LogP contribution in [-0.2, 0) is 0 Å². The first-order chi connectivity index (χ1) is 9.11. The van der Waals surface area contributed by atoms with Crippen LogP contribution in [0.15, 0.2) is 4.42 Å². The lowest BCUT2D eigenvalue weighted by Gasteiger charge is -2.24. The Labute approximate surface area is 112 Å². The van der Waals surface area contributed by atoms with Crippen LogP contribution in [0.4, 0.5) is 0 Å². The third-order valence-electron chi connectivity index (χ3n) is 3.36. The monoisotopic (exact) mass is 267 g/mol. The molecule has 0 spiro atoms. The van der Waals surface area contributed by atoms with Crippen LogP contribution in [0, 0.1) is 13.8 Å². The van der Waals surface area contributed by atoms with E-state index in [1.807, 2.05) is 0 Å². The summed E-state index contributed by atoms with van der Waals surface area (Å²) in [5.74, 6) is 0.577. The van der Waals surface area contributed by atoms with E-state index in [1.165, 1.54) is 0 Å². The van der Waals surface area contributed by atoms with Crippen LogP contribution < -0.4 is 5.32 Å². The topological polar surface area (TPSA) is 78.6 Å². The van der Waals surface area contributed by atoms with Gasteiger partial charge in [-0.2, -0.15) is 0 Å². The van der Waals surface area contributed by atoms with E-state index in [2.05, 4.69) is 10.3 Å². The molecule has 1 aliphatic heterocycles. The Hall–Kier alpha value is -1.40. The predicted molar refractivity (Wildman–Crippen MR) is 70.0 cm³/mol. The number of nitrogens with zero attached hydrogens (tertiary/aromatic N) is 2. The largest absolute Gasteiger partial charge is 0.436 e. The van der Waals surface area contributed by atoms with E-state index in [0.717, 1.165) is 19.4 Å². The summed E-state index contributed by atoms with van der Waals surface area (Å²) in [6, 6.07) is 0.305. The van der Waals surface area contributed by atoms with Crippen molar-refractivity contribution in [3.05, 3.63) is 17.3 Å².